The third-order valence-electron chi connectivity index (χ3n) is 8.94. The van der Waals surface area contributed by atoms with E-state index < -0.39 is 48.6 Å². The van der Waals surface area contributed by atoms with Crippen molar-refractivity contribution >= 4 is 41.6 Å². The van der Waals surface area contributed by atoms with E-state index in [-0.39, 0.29) is 37.7 Å². The second-order valence-electron chi connectivity index (χ2n) is 12.6. The molecule has 3 aromatic carbocycles. The Morgan fingerprint density at radius 1 is 0.857 bits per heavy atom. The minimum absolute atomic E-state index is 0.00972. The Labute approximate surface area is 288 Å². The molecule has 0 bridgehead atoms. The number of fused-ring (bicyclic) bond motifs is 1. The molecule has 3 amide bonds. The molecule has 1 aliphatic carbocycles. The molecule has 0 spiro atoms. The van der Waals surface area contributed by atoms with Gasteiger partial charge in [0.15, 0.2) is 0 Å². The van der Waals surface area contributed by atoms with Crippen LogP contribution < -0.4 is 21.3 Å². The summed E-state index contributed by atoms with van der Waals surface area (Å²) in [6.07, 6.45) is 4.05. The van der Waals surface area contributed by atoms with Crippen LogP contribution in [0.1, 0.15) is 63.0 Å². The predicted octanol–water partition coefficient (Wildman–Crippen LogP) is 2.92. The molecule has 0 heterocycles. The Kier molecular flexibility index (Phi) is 14.9. The van der Waals surface area contributed by atoms with Crippen molar-refractivity contribution in [3.8, 4) is 0 Å². The second-order valence-corrected chi connectivity index (χ2v) is 12.6. The molecular weight excluding hydrogens is 623 g/mol. The van der Waals surface area contributed by atoms with Crippen LogP contribution in [-0.4, -0.2) is 73.2 Å². The second kappa shape index (κ2) is 19.5. The van der Waals surface area contributed by atoms with Gasteiger partial charge in [-0.1, -0.05) is 36.4 Å². The average Bonchev–Trinajstić information content (AvgIpc) is 3.13. The van der Waals surface area contributed by atoms with E-state index in [1.54, 1.807) is 12.1 Å². The monoisotopic (exact) mass is 670 g/mol. The number of hydrogen-bond acceptors (Lipinski definition) is 8. The SMILES string of the molecule is CCCC(NC(=O)[C@H](Cc1ccc2ccccc2c1)NC(=O)[C@@H](NCB=O)C1CCCCC1)C(O)C(=O)NCC(=O)OCc1ccccc1. The molecule has 4 rings (SSSR count). The van der Waals surface area contributed by atoms with E-state index in [1.807, 2.05) is 67.6 Å². The van der Waals surface area contributed by atoms with E-state index in [4.69, 9.17) is 4.74 Å². The number of nitrogens with one attached hydrogen (secondary N) is 4. The van der Waals surface area contributed by atoms with Crippen molar-refractivity contribution in [2.45, 2.75) is 89.1 Å². The molecule has 1 aliphatic rings. The Morgan fingerprint density at radius 3 is 2.29 bits per heavy atom. The maximum absolute atomic E-state index is 13.9. The van der Waals surface area contributed by atoms with E-state index in [0.29, 0.717) is 13.6 Å². The van der Waals surface area contributed by atoms with Gasteiger partial charge in [0.2, 0.25) is 0 Å². The fourth-order valence-electron chi connectivity index (χ4n) is 6.33. The van der Waals surface area contributed by atoms with E-state index in [2.05, 4.69) is 21.3 Å². The van der Waals surface area contributed by atoms with Crippen molar-refractivity contribution in [1.29, 1.82) is 0 Å². The van der Waals surface area contributed by atoms with E-state index in [9.17, 15) is 29.0 Å². The molecule has 1 saturated carbocycles. The first-order valence-corrected chi connectivity index (χ1v) is 17.2. The third kappa shape index (κ3) is 11.6. The molecule has 0 aliphatic heterocycles. The van der Waals surface area contributed by atoms with Crippen LogP contribution in [0.25, 0.3) is 10.8 Å². The molecule has 3 aromatic rings. The summed E-state index contributed by atoms with van der Waals surface area (Å²) in [5, 5.41) is 24.2. The van der Waals surface area contributed by atoms with Gasteiger partial charge in [-0.3, -0.25) is 4.79 Å². The van der Waals surface area contributed by atoms with Crippen LogP contribution in [0.15, 0.2) is 72.8 Å². The predicted molar refractivity (Wildman–Crippen MR) is 186 cm³/mol. The van der Waals surface area contributed by atoms with Crippen molar-refractivity contribution in [2.24, 2.45) is 5.92 Å². The number of ether oxygens (including phenoxy) is 1. The van der Waals surface area contributed by atoms with E-state index >= 15 is 0 Å². The summed E-state index contributed by atoms with van der Waals surface area (Å²) in [5.74, 6) is -2.42. The molecular formula is C37H47BN4O7. The van der Waals surface area contributed by atoms with Gasteiger partial charge in [0.1, 0.15) is 13.2 Å². The molecule has 0 saturated heterocycles. The van der Waals surface area contributed by atoms with Gasteiger partial charge >= 0.3 is 224 Å². The van der Waals surface area contributed by atoms with Crippen LogP contribution in [0.5, 0.6) is 0 Å². The molecule has 1 fully saturated rings. The fraction of sp³-hybridized carbons (Fsp3) is 0.459. The van der Waals surface area contributed by atoms with Gasteiger partial charge in [-0.15, -0.1) is 0 Å². The molecule has 12 heteroatoms. The molecule has 5 N–H and O–H groups in total. The van der Waals surface area contributed by atoms with Crippen molar-refractivity contribution in [1.82, 2.24) is 21.3 Å². The minimum Gasteiger partial charge on any atom is -0.460 e. The Morgan fingerprint density at radius 2 is 1.57 bits per heavy atom. The minimum atomic E-state index is -1.66. The van der Waals surface area contributed by atoms with Crippen molar-refractivity contribution in [2.75, 3.05) is 13.0 Å². The van der Waals surface area contributed by atoms with Crippen molar-refractivity contribution in [3.63, 3.8) is 0 Å². The van der Waals surface area contributed by atoms with Gasteiger partial charge in [0, 0.05) is 0 Å². The smallest absolute Gasteiger partial charge is 0.460 e. The zero-order valence-corrected chi connectivity index (χ0v) is 28.1. The Balaban J connectivity index is 1.46. The van der Waals surface area contributed by atoms with Gasteiger partial charge in [-0.05, 0) is 5.56 Å². The van der Waals surface area contributed by atoms with Gasteiger partial charge < -0.3 is 4.74 Å². The number of hydrogen-bond donors (Lipinski definition) is 5. The summed E-state index contributed by atoms with van der Waals surface area (Å²) in [6.45, 7) is 1.45. The standard InChI is InChI=1S/C37H47BN4O7/c1-2-11-30(34(44)37(47)39-22-32(43)49-23-25-12-5-3-6-13-25)41-35(45)31(21-26-18-19-27-14-9-10-17-29(27)20-26)42-36(46)33(40-24-38-48)28-15-7-4-8-16-28/h3,5-6,9-10,12-14,17-20,28,30-31,33-34,40,44H,2,4,7-8,11,15-16,21-24H2,1H3,(H,39,47)(H,41,45)(H,42,46)/t30?,31-,33-,34?/m0/s1. The first kappa shape index (κ1) is 37.4. The molecule has 4 atom stereocenters. The number of aliphatic hydroxyl groups excluding tert-OH is 1. The van der Waals surface area contributed by atoms with Gasteiger partial charge in [0.25, 0.3) is 0 Å². The first-order chi connectivity index (χ1) is 23.8. The topological polar surface area (TPSA) is 163 Å². The van der Waals surface area contributed by atoms with Crippen LogP contribution in [0.2, 0.25) is 0 Å². The van der Waals surface area contributed by atoms with Crippen molar-refractivity contribution < 1.29 is 33.7 Å². The number of esters is 1. The Hall–Kier alpha value is -4.42. The molecule has 0 aromatic heterocycles. The normalized spacial score (nSPS) is 15.6. The van der Waals surface area contributed by atoms with E-state index in [0.717, 1.165) is 54.0 Å². The number of carbonyl (C=O) groups excluding carboxylic acids is 4. The summed E-state index contributed by atoms with van der Waals surface area (Å²) in [7, 11) is 0.715. The quantitative estimate of drug-likeness (QED) is 0.102. The number of rotatable bonds is 18. The molecule has 49 heavy (non-hydrogen) atoms. The summed E-state index contributed by atoms with van der Waals surface area (Å²) in [4.78, 5) is 52.9. The number of aliphatic hydroxyl groups is 1. The van der Waals surface area contributed by atoms with Crippen LogP contribution in [0.4, 0.5) is 0 Å². The Bertz CT molecular complexity index is 1550. The fourth-order valence-corrected chi connectivity index (χ4v) is 6.33. The van der Waals surface area contributed by atoms with Crippen LogP contribution in [0, 0.1) is 5.92 Å². The third-order valence-corrected chi connectivity index (χ3v) is 8.94. The van der Waals surface area contributed by atoms with Crippen LogP contribution >= 0.6 is 0 Å². The maximum atomic E-state index is 13.9. The zero-order chi connectivity index (χ0) is 35.0. The van der Waals surface area contributed by atoms with Gasteiger partial charge in [-0.2, -0.15) is 0 Å². The summed E-state index contributed by atoms with van der Waals surface area (Å²) in [5.41, 5.74) is 1.61. The average molecular weight is 671 g/mol. The number of carbonyl (C=O) groups is 4. The summed E-state index contributed by atoms with van der Waals surface area (Å²) >= 11 is 0. The van der Waals surface area contributed by atoms with Gasteiger partial charge in [0.05, 0.1) is 0 Å². The van der Waals surface area contributed by atoms with Crippen LogP contribution in [0.3, 0.4) is 0 Å². The summed E-state index contributed by atoms with van der Waals surface area (Å²) in [6, 6.07) is 20.1. The summed E-state index contributed by atoms with van der Waals surface area (Å²) < 4.78 is 16.4. The van der Waals surface area contributed by atoms with E-state index in [1.165, 1.54) is 0 Å². The van der Waals surface area contributed by atoms with Gasteiger partial charge in [-0.25, -0.2) is 0 Å². The van der Waals surface area contributed by atoms with Crippen LogP contribution in [-0.2, 0) is 41.6 Å². The van der Waals surface area contributed by atoms with Crippen molar-refractivity contribution in [3.05, 3.63) is 83.9 Å². The zero-order valence-electron chi connectivity index (χ0n) is 28.1. The first-order valence-electron chi connectivity index (χ1n) is 17.2. The molecule has 11 nitrogen and oxygen atoms in total. The number of amides is 3. The number of benzene rings is 3. The molecule has 2 unspecified atom stereocenters. The molecule has 0 radical (unpaired) electrons. The molecule has 260 valence electrons.